The molecule has 0 aliphatic rings. The SMILES string of the molecule is Cc1ccc(/C=N\NC(=O)CNc2c(C)cc(C)cc2C)c(C)c1. The molecule has 4 nitrogen and oxygen atoms in total. The molecule has 126 valence electrons. The summed E-state index contributed by atoms with van der Waals surface area (Å²) < 4.78 is 0. The van der Waals surface area contributed by atoms with Crippen molar-refractivity contribution in [3.63, 3.8) is 0 Å². The summed E-state index contributed by atoms with van der Waals surface area (Å²) in [6, 6.07) is 10.3. The van der Waals surface area contributed by atoms with E-state index < -0.39 is 0 Å². The van der Waals surface area contributed by atoms with Crippen molar-refractivity contribution < 1.29 is 4.79 Å². The molecule has 0 unspecified atom stereocenters. The highest BCUT2D eigenvalue weighted by molar-refractivity contribution is 5.85. The molecule has 0 aromatic heterocycles. The molecule has 0 bridgehead atoms. The summed E-state index contributed by atoms with van der Waals surface area (Å²) in [7, 11) is 0. The van der Waals surface area contributed by atoms with Gasteiger partial charge in [-0.1, -0.05) is 41.5 Å². The zero-order chi connectivity index (χ0) is 17.7. The van der Waals surface area contributed by atoms with Crippen LogP contribution in [0.5, 0.6) is 0 Å². The maximum absolute atomic E-state index is 11.9. The van der Waals surface area contributed by atoms with E-state index in [1.54, 1.807) is 6.21 Å². The van der Waals surface area contributed by atoms with Crippen molar-refractivity contribution in [2.24, 2.45) is 5.10 Å². The fourth-order valence-electron chi connectivity index (χ4n) is 2.81. The molecule has 0 radical (unpaired) electrons. The predicted octanol–water partition coefficient (Wildman–Crippen LogP) is 3.79. The molecule has 2 aromatic rings. The second-order valence-corrected chi connectivity index (χ2v) is 6.28. The third-order valence-electron chi connectivity index (χ3n) is 3.92. The predicted molar refractivity (Wildman–Crippen MR) is 101 cm³/mol. The first-order valence-corrected chi connectivity index (χ1v) is 8.07. The first kappa shape index (κ1) is 17.7. The van der Waals surface area contributed by atoms with Gasteiger partial charge in [-0.3, -0.25) is 4.79 Å². The van der Waals surface area contributed by atoms with Crippen molar-refractivity contribution in [2.75, 3.05) is 11.9 Å². The van der Waals surface area contributed by atoms with Crippen LogP contribution < -0.4 is 10.7 Å². The lowest BCUT2D eigenvalue weighted by Crippen LogP contribution is -2.26. The number of hydrogen-bond acceptors (Lipinski definition) is 3. The van der Waals surface area contributed by atoms with Crippen LogP contribution in [0.25, 0.3) is 0 Å². The summed E-state index contributed by atoms with van der Waals surface area (Å²) in [4.78, 5) is 11.9. The van der Waals surface area contributed by atoms with Crippen LogP contribution in [0, 0.1) is 34.6 Å². The minimum atomic E-state index is -0.171. The number of rotatable bonds is 5. The number of nitrogens with one attached hydrogen (secondary N) is 2. The van der Waals surface area contributed by atoms with Gasteiger partial charge < -0.3 is 5.32 Å². The Labute approximate surface area is 144 Å². The fourth-order valence-corrected chi connectivity index (χ4v) is 2.81. The van der Waals surface area contributed by atoms with Gasteiger partial charge in [-0.2, -0.15) is 5.10 Å². The third-order valence-corrected chi connectivity index (χ3v) is 3.92. The molecule has 0 aliphatic carbocycles. The molecule has 0 heterocycles. The highest BCUT2D eigenvalue weighted by Gasteiger charge is 2.05. The number of aryl methyl sites for hydroxylation is 5. The number of carbonyl (C=O) groups is 1. The molecule has 2 aromatic carbocycles. The Balaban J connectivity index is 1.91. The summed E-state index contributed by atoms with van der Waals surface area (Å²) in [6.07, 6.45) is 1.68. The van der Waals surface area contributed by atoms with Crippen LogP contribution in [0.4, 0.5) is 5.69 Å². The van der Waals surface area contributed by atoms with Gasteiger partial charge in [-0.05, 0) is 56.9 Å². The van der Waals surface area contributed by atoms with Gasteiger partial charge in [-0.25, -0.2) is 5.43 Å². The smallest absolute Gasteiger partial charge is 0.259 e. The van der Waals surface area contributed by atoms with E-state index in [1.165, 1.54) is 11.1 Å². The van der Waals surface area contributed by atoms with Crippen LogP contribution in [-0.4, -0.2) is 18.7 Å². The van der Waals surface area contributed by atoms with Crippen molar-refractivity contribution in [1.82, 2.24) is 5.43 Å². The lowest BCUT2D eigenvalue weighted by Gasteiger charge is -2.13. The number of hydrazone groups is 1. The average Bonchev–Trinajstić information content (AvgIpc) is 2.48. The molecule has 2 N–H and O–H groups in total. The molecular formula is C20H25N3O. The number of benzene rings is 2. The zero-order valence-electron chi connectivity index (χ0n) is 15.0. The molecule has 24 heavy (non-hydrogen) atoms. The van der Waals surface area contributed by atoms with Gasteiger partial charge >= 0.3 is 0 Å². The minimum Gasteiger partial charge on any atom is -0.376 e. The molecular weight excluding hydrogens is 298 g/mol. The Bertz CT molecular complexity index is 755. The number of nitrogens with zero attached hydrogens (tertiary/aromatic N) is 1. The summed E-state index contributed by atoms with van der Waals surface area (Å²) >= 11 is 0. The molecule has 0 aliphatic heterocycles. The molecule has 0 atom stereocenters. The second-order valence-electron chi connectivity index (χ2n) is 6.28. The summed E-state index contributed by atoms with van der Waals surface area (Å²) in [6.45, 7) is 10.4. The Morgan fingerprint density at radius 1 is 0.958 bits per heavy atom. The topological polar surface area (TPSA) is 53.5 Å². The number of hydrogen-bond donors (Lipinski definition) is 2. The minimum absolute atomic E-state index is 0.171. The standard InChI is InChI=1S/C20H25N3O/c1-13-6-7-18(15(3)8-13)11-22-23-19(24)12-21-20-16(4)9-14(2)10-17(20)5/h6-11,21H,12H2,1-5H3,(H,23,24)/b22-11-. The number of anilines is 1. The van der Waals surface area contributed by atoms with Gasteiger partial charge in [0.2, 0.25) is 0 Å². The lowest BCUT2D eigenvalue weighted by molar-refractivity contribution is -0.119. The van der Waals surface area contributed by atoms with Gasteiger partial charge in [0.1, 0.15) is 0 Å². The van der Waals surface area contributed by atoms with Gasteiger partial charge in [0, 0.05) is 5.69 Å². The molecule has 4 heteroatoms. The quantitative estimate of drug-likeness (QED) is 0.650. The molecule has 2 rings (SSSR count). The van der Waals surface area contributed by atoms with E-state index in [0.717, 1.165) is 27.9 Å². The van der Waals surface area contributed by atoms with Crippen molar-refractivity contribution in [3.05, 3.63) is 63.7 Å². The maximum atomic E-state index is 11.9. The maximum Gasteiger partial charge on any atom is 0.259 e. The molecule has 1 amide bonds. The van der Waals surface area contributed by atoms with E-state index in [1.807, 2.05) is 32.9 Å². The van der Waals surface area contributed by atoms with Crippen LogP contribution in [0.15, 0.2) is 35.4 Å². The normalized spacial score (nSPS) is 10.9. The summed E-state index contributed by atoms with van der Waals surface area (Å²) in [5, 5.41) is 7.23. The molecule has 0 saturated carbocycles. The second kappa shape index (κ2) is 7.77. The number of amides is 1. The summed E-state index contributed by atoms with van der Waals surface area (Å²) in [5.74, 6) is -0.171. The fraction of sp³-hybridized carbons (Fsp3) is 0.300. The monoisotopic (exact) mass is 323 g/mol. The number of carbonyl (C=O) groups excluding carboxylic acids is 1. The van der Waals surface area contributed by atoms with Crippen LogP contribution in [0.1, 0.15) is 33.4 Å². The van der Waals surface area contributed by atoms with E-state index in [0.29, 0.717) is 0 Å². The van der Waals surface area contributed by atoms with Crippen molar-refractivity contribution in [3.8, 4) is 0 Å². The van der Waals surface area contributed by atoms with E-state index >= 15 is 0 Å². The van der Waals surface area contributed by atoms with Gasteiger partial charge in [-0.15, -0.1) is 0 Å². The first-order chi connectivity index (χ1) is 11.4. The Morgan fingerprint density at radius 3 is 2.21 bits per heavy atom. The Kier molecular flexibility index (Phi) is 5.74. The van der Waals surface area contributed by atoms with Crippen LogP contribution in [0.2, 0.25) is 0 Å². The largest absolute Gasteiger partial charge is 0.376 e. The average molecular weight is 323 g/mol. The van der Waals surface area contributed by atoms with Gasteiger partial charge in [0.15, 0.2) is 0 Å². The van der Waals surface area contributed by atoms with E-state index in [9.17, 15) is 4.79 Å². The van der Waals surface area contributed by atoms with E-state index in [4.69, 9.17) is 0 Å². The van der Waals surface area contributed by atoms with Crippen molar-refractivity contribution in [1.29, 1.82) is 0 Å². The van der Waals surface area contributed by atoms with E-state index in [2.05, 4.69) is 47.9 Å². The van der Waals surface area contributed by atoms with Crippen LogP contribution >= 0.6 is 0 Å². The first-order valence-electron chi connectivity index (χ1n) is 8.07. The highest BCUT2D eigenvalue weighted by Crippen LogP contribution is 2.21. The Morgan fingerprint density at radius 2 is 1.58 bits per heavy atom. The molecule has 0 fully saturated rings. The van der Waals surface area contributed by atoms with Gasteiger partial charge in [0.25, 0.3) is 5.91 Å². The van der Waals surface area contributed by atoms with E-state index in [-0.39, 0.29) is 12.5 Å². The summed E-state index contributed by atoms with van der Waals surface area (Å²) in [5.41, 5.74) is 10.4. The van der Waals surface area contributed by atoms with Crippen LogP contribution in [0.3, 0.4) is 0 Å². The van der Waals surface area contributed by atoms with Crippen molar-refractivity contribution in [2.45, 2.75) is 34.6 Å². The molecule has 0 spiro atoms. The zero-order valence-corrected chi connectivity index (χ0v) is 15.0. The third kappa shape index (κ3) is 4.69. The van der Waals surface area contributed by atoms with Crippen molar-refractivity contribution >= 4 is 17.8 Å². The Hall–Kier alpha value is -2.62. The van der Waals surface area contributed by atoms with Gasteiger partial charge in [0.05, 0.1) is 12.8 Å². The van der Waals surface area contributed by atoms with Crippen LogP contribution in [-0.2, 0) is 4.79 Å². The highest BCUT2D eigenvalue weighted by atomic mass is 16.2. The lowest BCUT2D eigenvalue weighted by atomic mass is 10.1. The molecule has 0 saturated heterocycles.